The predicted octanol–water partition coefficient (Wildman–Crippen LogP) is 1.66. The quantitative estimate of drug-likeness (QED) is 0.783. The fourth-order valence-electron chi connectivity index (χ4n) is 2.73. The third kappa shape index (κ3) is 4.05. The summed E-state index contributed by atoms with van der Waals surface area (Å²) in [7, 11) is 0. The molecule has 4 heteroatoms. The summed E-state index contributed by atoms with van der Waals surface area (Å²) in [4.78, 5) is 12.1. The molecule has 0 aromatic heterocycles. The molecule has 20 heavy (non-hydrogen) atoms. The Bertz CT molecular complexity index is 444. The van der Waals surface area contributed by atoms with Crippen molar-refractivity contribution in [2.75, 3.05) is 6.54 Å². The Balaban J connectivity index is 1.83. The van der Waals surface area contributed by atoms with Crippen molar-refractivity contribution in [2.24, 2.45) is 11.7 Å². The van der Waals surface area contributed by atoms with Crippen molar-refractivity contribution in [3.63, 3.8) is 0 Å². The highest BCUT2D eigenvalue weighted by atomic mass is 16.3. The van der Waals surface area contributed by atoms with Crippen molar-refractivity contribution in [3.8, 4) is 0 Å². The Hall–Kier alpha value is -1.39. The van der Waals surface area contributed by atoms with Crippen LogP contribution in [-0.2, 0) is 4.79 Å². The summed E-state index contributed by atoms with van der Waals surface area (Å²) in [6.07, 6.45) is 3.55. The minimum absolute atomic E-state index is 0.145. The zero-order chi connectivity index (χ0) is 14.5. The summed E-state index contributed by atoms with van der Waals surface area (Å²) in [5, 5.41) is 12.5. The second kappa shape index (κ2) is 6.86. The zero-order valence-electron chi connectivity index (χ0n) is 12.0. The van der Waals surface area contributed by atoms with Crippen LogP contribution in [0.1, 0.15) is 42.9 Å². The van der Waals surface area contributed by atoms with E-state index in [1.807, 2.05) is 31.2 Å². The van der Waals surface area contributed by atoms with E-state index in [0.29, 0.717) is 12.5 Å². The van der Waals surface area contributed by atoms with Gasteiger partial charge in [-0.05, 0) is 37.7 Å². The summed E-state index contributed by atoms with van der Waals surface area (Å²) in [6.45, 7) is 2.61. The van der Waals surface area contributed by atoms with E-state index in [9.17, 15) is 9.90 Å². The van der Waals surface area contributed by atoms with Gasteiger partial charge in [-0.15, -0.1) is 0 Å². The molecule has 1 fully saturated rings. The van der Waals surface area contributed by atoms with Gasteiger partial charge in [0.25, 0.3) is 0 Å². The maximum atomic E-state index is 12.1. The topological polar surface area (TPSA) is 75.4 Å². The number of hydrogen-bond acceptors (Lipinski definition) is 3. The van der Waals surface area contributed by atoms with Crippen LogP contribution in [0, 0.1) is 12.8 Å². The van der Waals surface area contributed by atoms with Crippen molar-refractivity contribution in [2.45, 2.75) is 44.8 Å². The Morgan fingerprint density at radius 2 is 2.10 bits per heavy atom. The molecule has 3 unspecified atom stereocenters. The first-order chi connectivity index (χ1) is 9.56. The maximum Gasteiger partial charge on any atom is 0.241 e. The number of nitrogens with two attached hydrogens (primary N) is 1. The molecule has 110 valence electrons. The predicted molar refractivity (Wildman–Crippen MR) is 79.1 cm³/mol. The van der Waals surface area contributed by atoms with E-state index >= 15 is 0 Å². The van der Waals surface area contributed by atoms with Crippen molar-refractivity contribution in [1.29, 1.82) is 0 Å². The molecule has 0 bridgehead atoms. The molecule has 3 atom stereocenters. The molecule has 0 radical (unpaired) electrons. The molecular formula is C16H24N2O2. The largest absolute Gasteiger partial charge is 0.393 e. The molecule has 0 spiro atoms. The SMILES string of the molecule is Cc1ccc(C(N)C(=O)NCC2CCCC(O)C2)cc1. The second-order valence-electron chi connectivity index (χ2n) is 5.82. The number of amides is 1. The number of benzene rings is 1. The van der Waals surface area contributed by atoms with Gasteiger partial charge in [-0.3, -0.25) is 4.79 Å². The summed E-state index contributed by atoms with van der Waals surface area (Å²) in [6, 6.07) is 7.08. The molecule has 1 amide bonds. The van der Waals surface area contributed by atoms with Crippen LogP contribution < -0.4 is 11.1 Å². The highest BCUT2D eigenvalue weighted by molar-refractivity contribution is 5.82. The number of rotatable bonds is 4. The van der Waals surface area contributed by atoms with Gasteiger partial charge in [-0.2, -0.15) is 0 Å². The van der Waals surface area contributed by atoms with Crippen molar-refractivity contribution in [1.82, 2.24) is 5.32 Å². The van der Waals surface area contributed by atoms with E-state index in [0.717, 1.165) is 36.8 Å². The van der Waals surface area contributed by atoms with E-state index in [4.69, 9.17) is 5.73 Å². The minimum Gasteiger partial charge on any atom is -0.393 e. The van der Waals surface area contributed by atoms with E-state index in [-0.39, 0.29) is 12.0 Å². The fraction of sp³-hybridized carbons (Fsp3) is 0.562. The molecule has 2 rings (SSSR count). The lowest BCUT2D eigenvalue weighted by Crippen LogP contribution is -2.38. The Kier molecular flexibility index (Phi) is 5.15. The highest BCUT2D eigenvalue weighted by Crippen LogP contribution is 2.23. The third-order valence-corrected chi connectivity index (χ3v) is 4.04. The van der Waals surface area contributed by atoms with Crippen LogP contribution in [0.5, 0.6) is 0 Å². The van der Waals surface area contributed by atoms with E-state index in [1.54, 1.807) is 0 Å². The lowest BCUT2D eigenvalue weighted by atomic mass is 9.87. The maximum absolute atomic E-state index is 12.1. The summed E-state index contributed by atoms with van der Waals surface area (Å²) in [5.41, 5.74) is 7.95. The lowest BCUT2D eigenvalue weighted by Gasteiger charge is -2.26. The smallest absolute Gasteiger partial charge is 0.241 e. The van der Waals surface area contributed by atoms with Gasteiger partial charge >= 0.3 is 0 Å². The van der Waals surface area contributed by atoms with Gasteiger partial charge < -0.3 is 16.2 Å². The van der Waals surface area contributed by atoms with Gasteiger partial charge in [0.15, 0.2) is 0 Å². The molecule has 0 aliphatic heterocycles. The lowest BCUT2D eigenvalue weighted by molar-refractivity contribution is -0.122. The second-order valence-corrected chi connectivity index (χ2v) is 5.82. The number of carbonyl (C=O) groups excluding carboxylic acids is 1. The molecule has 1 aromatic carbocycles. The number of aliphatic hydroxyl groups excluding tert-OH is 1. The number of aryl methyl sites for hydroxylation is 1. The molecule has 4 N–H and O–H groups in total. The Labute approximate surface area is 120 Å². The molecule has 1 aliphatic rings. The molecule has 1 aliphatic carbocycles. The van der Waals surface area contributed by atoms with Gasteiger partial charge in [0, 0.05) is 6.54 Å². The van der Waals surface area contributed by atoms with E-state index < -0.39 is 6.04 Å². The standard InChI is InChI=1S/C16H24N2O2/c1-11-5-7-13(8-6-11)15(17)16(20)18-10-12-3-2-4-14(19)9-12/h5-8,12,14-15,19H,2-4,9-10,17H2,1H3,(H,18,20). The third-order valence-electron chi connectivity index (χ3n) is 4.04. The van der Waals surface area contributed by atoms with Crippen LogP contribution in [0.25, 0.3) is 0 Å². The van der Waals surface area contributed by atoms with Crippen LogP contribution in [0.4, 0.5) is 0 Å². The van der Waals surface area contributed by atoms with Crippen molar-refractivity contribution < 1.29 is 9.90 Å². The van der Waals surface area contributed by atoms with Gasteiger partial charge in [-0.25, -0.2) is 0 Å². The molecule has 1 aromatic rings. The van der Waals surface area contributed by atoms with Gasteiger partial charge in [0.2, 0.25) is 5.91 Å². The normalized spacial score (nSPS) is 24.1. The Morgan fingerprint density at radius 3 is 2.75 bits per heavy atom. The fourth-order valence-corrected chi connectivity index (χ4v) is 2.73. The van der Waals surface area contributed by atoms with Crippen LogP contribution in [-0.4, -0.2) is 23.7 Å². The van der Waals surface area contributed by atoms with Crippen molar-refractivity contribution in [3.05, 3.63) is 35.4 Å². The highest BCUT2D eigenvalue weighted by Gasteiger charge is 2.22. The number of aliphatic hydroxyl groups is 1. The van der Waals surface area contributed by atoms with Gasteiger partial charge in [-0.1, -0.05) is 36.2 Å². The van der Waals surface area contributed by atoms with E-state index in [1.165, 1.54) is 0 Å². The van der Waals surface area contributed by atoms with Gasteiger partial charge in [0.1, 0.15) is 6.04 Å². The molecule has 1 saturated carbocycles. The molecular weight excluding hydrogens is 252 g/mol. The summed E-state index contributed by atoms with van der Waals surface area (Å²) in [5.74, 6) is 0.224. The number of nitrogens with one attached hydrogen (secondary N) is 1. The van der Waals surface area contributed by atoms with E-state index in [2.05, 4.69) is 5.32 Å². The molecule has 4 nitrogen and oxygen atoms in total. The number of carbonyl (C=O) groups is 1. The van der Waals surface area contributed by atoms with Crippen LogP contribution in [0.3, 0.4) is 0 Å². The van der Waals surface area contributed by atoms with Crippen LogP contribution in [0.2, 0.25) is 0 Å². The average Bonchev–Trinajstić information content (AvgIpc) is 2.45. The van der Waals surface area contributed by atoms with Crippen LogP contribution >= 0.6 is 0 Å². The zero-order valence-corrected chi connectivity index (χ0v) is 12.0. The molecule has 0 saturated heterocycles. The van der Waals surface area contributed by atoms with Gasteiger partial charge in [0.05, 0.1) is 6.10 Å². The summed E-state index contributed by atoms with van der Waals surface area (Å²) >= 11 is 0. The summed E-state index contributed by atoms with van der Waals surface area (Å²) < 4.78 is 0. The monoisotopic (exact) mass is 276 g/mol. The first-order valence-electron chi connectivity index (χ1n) is 7.34. The Morgan fingerprint density at radius 1 is 1.40 bits per heavy atom. The molecule has 0 heterocycles. The average molecular weight is 276 g/mol. The minimum atomic E-state index is -0.621. The first-order valence-corrected chi connectivity index (χ1v) is 7.34. The van der Waals surface area contributed by atoms with Crippen molar-refractivity contribution >= 4 is 5.91 Å². The number of hydrogen-bond donors (Lipinski definition) is 3. The first kappa shape index (κ1) is 15.0. The van der Waals surface area contributed by atoms with Crippen LogP contribution in [0.15, 0.2) is 24.3 Å².